The van der Waals surface area contributed by atoms with Crippen molar-refractivity contribution in [1.82, 2.24) is 10.2 Å². The van der Waals surface area contributed by atoms with Crippen LogP contribution in [0.15, 0.2) is 53.5 Å². The number of hydrogen-bond donors (Lipinski definition) is 2. The van der Waals surface area contributed by atoms with Gasteiger partial charge in [-0.15, -0.1) is 0 Å². The third kappa shape index (κ3) is 5.83. The maximum Gasteiger partial charge on any atom is 0.258 e. The van der Waals surface area contributed by atoms with Crippen LogP contribution in [0.4, 0.5) is 14.5 Å². The Labute approximate surface area is 162 Å². The Kier molecular flexibility index (Phi) is 7.05. The summed E-state index contributed by atoms with van der Waals surface area (Å²) >= 11 is 0. The first kappa shape index (κ1) is 19.9. The molecule has 0 bridgehead atoms. The summed E-state index contributed by atoms with van der Waals surface area (Å²) in [6.45, 7) is 4.28. The van der Waals surface area contributed by atoms with Crippen molar-refractivity contribution < 1.29 is 18.3 Å². The maximum absolute atomic E-state index is 13.4. The lowest BCUT2D eigenvalue weighted by Crippen LogP contribution is -2.39. The normalized spacial score (nSPS) is 15.3. The Balaban J connectivity index is 1.68. The summed E-state index contributed by atoms with van der Waals surface area (Å²) in [5.41, 5.74) is 0.757. The standard InChI is InChI=1S/C20H22F2N4O2/c21-17-7-6-15(14-18(17)22)19(27)25-20(24-16-4-2-1-3-5-16)23-8-9-26-10-12-28-13-11-26/h1-7,14H,8-13H2,(H2,23,24,25,27). The average molecular weight is 388 g/mol. The maximum atomic E-state index is 13.4. The molecule has 1 aliphatic rings. The summed E-state index contributed by atoms with van der Waals surface area (Å²) in [4.78, 5) is 19.1. The van der Waals surface area contributed by atoms with Gasteiger partial charge in [0, 0.05) is 30.9 Å². The van der Waals surface area contributed by atoms with Crippen LogP contribution in [-0.2, 0) is 4.74 Å². The summed E-state index contributed by atoms with van der Waals surface area (Å²) in [5.74, 6) is -2.41. The van der Waals surface area contributed by atoms with Crippen LogP contribution in [0, 0.1) is 11.6 Å². The molecular weight excluding hydrogens is 366 g/mol. The van der Waals surface area contributed by atoms with Gasteiger partial charge in [-0.1, -0.05) is 18.2 Å². The number of ether oxygens (including phenoxy) is 1. The molecule has 0 saturated carbocycles. The molecule has 1 amide bonds. The van der Waals surface area contributed by atoms with Crippen LogP contribution >= 0.6 is 0 Å². The van der Waals surface area contributed by atoms with Gasteiger partial charge in [-0.25, -0.2) is 8.78 Å². The number of carbonyl (C=O) groups excluding carboxylic acids is 1. The second kappa shape index (κ2) is 9.91. The van der Waals surface area contributed by atoms with Crippen molar-refractivity contribution in [3.05, 3.63) is 65.7 Å². The van der Waals surface area contributed by atoms with E-state index in [1.54, 1.807) is 0 Å². The van der Waals surface area contributed by atoms with Gasteiger partial charge in [0.15, 0.2) is 11.6 Å². The van der Waals surface area contributed by atoms with Crippen LogP contribution in [0.25, 0.3) is 0 Å². The van der Waals surface area contributed by atoms with Crippen LogP contribution in [-0.4, -0.2) is 56.2 Å². The summed E-state index contributed by atoms with van der Waals surface area (Å²) in [6.07, 6.45) is 0. The quantitative estimate of drug-likeness (QED) is 0.610. The van der Waals surface area contributed by atoms with E-state index in [1.165, 1.54) is 6.07 Å². The van der Waals surface area contributed by atoms with E-state index in [0.717, 1.165) is 37.5 Å². The number of nitrogens with one attached hydrogen (secondary N) is 2. The van der Waals surface area contributed by atoms with Crippen LogP contribution < -0.4 is 10.6 Å². The molecule has 1 saturated heterocycles. The molecular formula is C20H22F2N4O2. The number of carbonyl (C=O) groups is 1. The van der Waals surface area contributed by atoms with Crippen LogP contribution in [0.2, 0.25) is 0 Å². The number of amides is 1. The number of anilines is 1. The molecule has 0 radical (unpaired) electrons. The highest BCUT2D eigenvalue weighted by atomic mass is 19.2. The monoisotopic (exact) mass is 388 g/mol. The van der Waals surface area contributed by atoms with Crippen molar-refractivity contribution in [2.75, 3.05) is 44.7 Å². The molecule has 0 atom stereocenters. The number of hydrogen-bond acceptors (Lipinski definition) is 4. The predicted molar refractivity (Wildman–Crippen MR) is 103 cm³/mol. The van der Waals surface area contributed by atoms with E-state index in [2.05, 4.69) is 20.5 Å². The second-order valence-electron chi connectivity index (χ2n) is 6.26. The molecule has 2 aromatic rings. The lowest BCUT2D eigenvalue weighted by atomic mass is 10.2. The van der Waals surface area contributed by atoms with Crippen molar-refractivity contribution >= 4 is 17.6 Å². The minimum atomic E-state index is -1.07. The van der Waals surface area contributed by atoms with Crippen molar-refractivity contribution in [1.29, 1.82) is 0 Å². The highest BCUT2D eigenvalue weighted by Crippen LogP contribution is 2.09. The molecule has 28 heavy (non-hydrogen) atoms. The summed E-state index contributed by atoms with van der Waals surface area (Å²) in [7, 11) is 0. The van der Waals surface area contributed by atoms with E-state index < -0.39 is 17.5 Å². The van der Waals surface area contributed by atoms with Crippen molar-refractivity contribution in [2.45, 2.75) is 0 Å². The first-order chi connectivity index (χ1) is 13.6. The highest BCUT2D eigenvalue weighted by molar-refractivity contribution is 6.09. The molecule has 0 aliphatic carbocycles. The van der Waals surface area contributed by atoms with E-state index >= 15 is 0 Å². The van der Waals surface area contributed by atoms with Crippen molar-refractivity contribution in [3.8, 4) is 0 Å². The highest BCUT2D eigenvalue weighted by Gasteiger charge is 2.13. The molecule has 8 heteroatoms. The predicted octanol–water partition coefficient (Wildman–Crippen LogP) is 2.49. The fraction of sp³-hybridized carbons (Fsp3) is 0.300. The van der Waals surface area contributed by atoms with E-state index in [4.69, 9.17) is 4.74 Å². The fourth-order valence-electron chi connectivity index (χ4n) is 2.71. The topological polar surface area (TPSA) is 66.0 Å². The number of rotatable bonds is 5. The molecule has 6 nitrogen and oxygen atoms in total. The Morgan fingerprint density at radius 2 is 1.82 bits per heavy atom. The molecule has 1 fully saturated rings. The third-order valence-corrected chi connectivity index (χ3v) is 4.24. The van der Waals surface area contributed by atoms with E-state index in [1.807, 2.05) is 30.3 Å². The van der Waals surface area contributed by atoms with Crippen LogP contribution in [0.1, 0.15) is 10.4 Å². The Bertz CT molecular complexity index is 824. The minimum absolute atomic E-state index is 0.00893. The van der Waals surface area contributed by atoms with Gasteiger partial charge < -0.3 is 10.1 Å². The minimum Gasteiger partial charge on any atom is -0.379 e. The number of halogens is 2. The molecule has 0 aromatic heterocycles. The Morgan fingerprint density at radius 1 is 1.07 bits per heavy atom. The van der Waals surface area contributed by atoms with E-state index in [-0.39, 0.29) is 11.5 Å². The lowest BCUT2D eigenvalue weighted by Gasteiger charge is -2.25. The lowest BCUT2D eigenvalue weighted by molar-refractivity contribution is 0.0394. The van der Waals surface area contributed by atoms with Gasteiger partial charge in [-0.3, -0.25) is 20.0 Å². The van der Waals surface area contributed by atoms with Crippen molar-refractivity contribution in [2.24, 2.45) is 4.99 Å². The largest absolute Gasteiger partial charge is 0.379 e. The molecule has 3 rings (SSSR count). The smallest absolute Gasteiger partial charge is 0.258 e. The van der Waals surface area contributed by atoms with Gasteiger partial charge in [0.2, 0.25) is 5.96 Å². The van der Waals surface area contributed by atoms with E-state index in [0.29, 0.717) is 19.8 Å². The average Bonchev–Trinajstić information content (AvgIpc) is 2.71. The molecule has 2 N–H and O–H groups in total. The molecule has 0 unspecified atom stereocenters. The van der Waals surface area contributed by atoms with Gasteiger partial charge in [0.05, 0.1) is 19.8 Å². The second-order valence-corrected chi connectivity index (χ2v) is 6.26. The summed E-state index contributed by atoms with van der Waals surface area (Å²) in [6, 6.07) is 12.3. The number of morpholine rings is 1. The van der Waals surface area contributed by atoms with Crippen LogP contribution in [0.5, 0.6) is 0 Å². The number of nitrogens with zero attached hydrogens (tertiary/aromatic N) is 2. The van der Waals surface area contributed by atoms with Gasteiger partial charge in [0.1, 0.15) is 0 Å². The molecule has 0 spiro atoms. The zero-order valence-corrected chi connectivity index (χ0v) is 15.3. The first-order valence-corrected chi connectivity index (χ1v) is 9.05. The fourth-order valence-corrected chi connectivity index (χ4v) is 2.71. The zero-order valence-electron chi connectivity index (χ0n) is 15.3. The number of para-hydroxylation sites is 1. The van der Waals surface area contributed by atoms with Gasteiger partial charge in [-0.2, -0.15) is 0 Å². The molecule has 148 valence electrons. The Morgan fingerprint density at radius 3 is 2.54 bits per heavy atom. The molecule has 2 aromatic carbocycles. The van der Waals surface area contributed by atoms with Gasteiger partial charge in [-0.05, 0) is 30.3 Å². The summed E-state index contributed by atoms with van der Waals surface area (Å²) in [5, 5.41) is 5.68. The zero-order chi connectivity index (χ0) is 19.8. The number of benzene rings is 2. The third-order valence-electron chi connectivity index (χ3n) is 4.24. The first-order valence-electron chi connectivity index (χ1n) is 9.05. The molecule has 1 aliphatic heterocycles. The number of aliphatic imine (C=N–C) groups is 1. The SMILES string of the molecule is O=C(NC(=NCCN1CCOCC1)Nc1ccccc1)c1ccc(F)c(F)c1. The summed E-state index contributed by atoms with van der Waals surface area (Å²) < 4.78 is 31.8. The molecule has 1 heterocycles. The van der Waals surface area contributed by atoms with E-state index in [9.17, 15) is 13.6 Å². The van der Waals surface area contributed by atoms with Crippen molar-refractivity contribution in [3.63, 3.8) is 0 Å². The Hall–Kier alpha value is -2.84. The van der Waals surface area contributed by atoms with Gasteiger partial charge >= 0.3 is 0 Å². The van der Waals surface area contributed by atoms with Crippen LogP contribution in [0.3, 0.4) is 0 Å². The number of guanidine groups is 1. The van der Waals surface area contributed by atoms with Gasteiger partial charge in [0.25, 0.3) is 5.91 Å².